The standard InChI is InChI=1S/C19H27N5O2/c1-20-19(21-9-7-16-5-3-4-6-18(16)25-2)24-12-10-23(11-13-24)15-17-8-14-26-22-17/h3-6,8,14H,7,9-13,15H2,1-2H3,(H,20,21). The number of nitrogens with zero attached hydrogens (tertiary/aromatic N) is 4. The number of ether oxygens (including phenoxy) is 1. The molecule has 1 aromatic heterocycles. The smallest absolute Gasteiger partial charge is 0.193 e. The third kappa shape index (κ3) is 4.76. The molecule has 1 aromatic carbocycles. The molecule has 1 fully saturated rings. The van der Waals surface area contributed by atoms with Crippen molar-refractivity contribution in [3.63, 3.8) is 0 Å². The van der Waals surface area contributed by atoms with Crippen LogP contribution in [0.5, 0.6) is 5.75 Å². The van der Waals surface area contributed by atoms with Crippen molar-refractivity contribution in [2.75, 3.05) is 46.9 Å². The second-order valence-electron chi connectivity index (χ2n) is 6.29. The third-order valence-corrected chi connectivity index (χ3v) is 4.63. The molecule has 26 heavy (non-hydrogen) atoms. The van der Waals surface area contributed by atoms with Crippen LogP contribution in [0.25, 0.3) is 0 Å². The fourth-order valence-corrected chi connectivity index (χ4v) is 3.22. The van der Waals surface area contributed by atoms with Gasteiger partial charge in [-0.15, -0.1) is 0 Å². The average Bonchev–Trinajstić information content (AvgIpc) is 3.19. The van der Waals surface area contributed by atoms with Gasteiger partial charge >= 0.3 is 0 Å². The van der Waals surface area contributed by atoms with E-state index in [-0.39, 0.29) is 0 Å². The molecule has 3 rings (SSSR count). The monoisotopic (exact) mass is 357 g/mol. The van der Waals surface area contributed by atoms with E-state index in [1.807, 2.05) is 31.3 Å². The first-order valence-electron chi connectivity index (χ1n) is 8.99. The van der Waals surface area contributed by atoms with Gasteiger partial charge in [0, 0.05) is 52.4 Å². The predicted molar refractivity (Wildman–Crippen MR) is 101 cm³/mol. The number of hydrogen-bond acceptors (Lipinski definition) is 5. The summed E-state index contributed by atoms with van der Waals surface area (Å²) in [5.41, 5.74) is 2.19. The molecule has 2 aromatic rings. The molecular weight excluding hydrogens is 330 g/mol. The van der Waals surface area contributed by atoms with Gasteiger partial charge in [0.1, 0.15) is 12.0 Å². The summed E-state index contributed by atoms with van der Waals surface area (Å²) in [5.74, 6) is 1.90. The average molecular weight is 357 g/mol. The first-order valence-corrected chi connectivity index (χ1v) is 8.99. The molecule has 1 N–H and O–H groups in total. The molecule has 2 heterocycles. The highest BCUT2D eigenvalue weighted by molar-refractivity contribution is 5.80. The molecular formula is C19H27N5O2. The van der Waals surface area contributed by atoms with Gasteiger partial charge < -0.3 is 19.5 Å². The van der Waals surface area contributed by atoms with Gasteiger partial charge in [0.25, 0.3) is 0 Å². The lowest BCUT2D eigenvalue weighted by atomic mass is 10.1. The Bertz CT molecular complexity index is 694. The topological polar surface area (TPSA) is 66.1 Å². The highest BCUT2D eigenvalue weighted by atomic mass is 16.5. The summed E-state index contributed by atoms with van der Waals surface area (Å²) < 4.78 is 10.3. The number of aliphatic imine (C=N–C) groups is 1. The van der Waals surface area contributed by atoms with Gasteiger partial charge in [0.05, 0.1) is 12.8 Å². The van der Waals surface area contributed by atoms with Crippen molar-refractivity contribution >= 4 is 5.96 Å². The van der Waals surface area contributed by atoms with Crippen molar-refractivity contribution in [2.24, 2.45) is 4.99 Å². The lowest BCUT2D eigenvalue weighted by Crippen LogP contribution is -2.52. The van der Waals surface area contributed by atoms with Gasteiger partial charge in [-0.1, -0.05) is 23.4 Å². The number of nitrogens with one attached hydrogen (secondary N) is 1. The van der Waals surface area contributed by atoms with Crippen molar-refractivity contribution in [1.82, 2.24) is 20.3 Å². The number of rotatable bonds is 6. The van der Waals surface area contributed by atoms with E-state index in [4.69, 9.17) is 9.26 Å². The maximum Gasteiger partial charge on any atom is 0.193 e. The van der Waals surface area contributed by atoms with Crippen LogP contribution in [-0.4, -0.2) is 67.8 Å². The maximum atomic E-state index is 5.41. The molecule has 0 radical (unpaired) electrons. The lowest BCUT2D eigenvalue weighted by molar-refractivity contribution is 0.169. The third-order valence-electron chi connectivity index (χ3n) is 4.63. The Morgan fingerprint density at radius 1 is 1.23 bits per heavy atom. The first-order chi connectivity index (χ1) is 12.8. The molecule has 140 valence electrons. The zero-order chi connectivity index (χ0) is 18.2. The van der Waals surface area contributed by atoms with Crippen LogP contribution >= 0.6 is 0 Å². The van der Waals surface area contributed by atoms with Crippen molar-refractivity contribution in [2.45, 2.75) is 13.0 Å². The Kier molecular flexibility index (Phi) is 6.49. The molecule has 1 aliphatic rings. The van der Waals surface area contributed by atoms with Crippen LogP contribution in [0.3, 0.4) is 0 Å². The summed E-state index contributed by atoms with van der Waals surface area (Å²) in [7, 11) is 3.55. The number of methoxy groups -OCH3 is 1. The minimum absolute atomic E-state index is 0.826. The van der Waals surface area contributed by atoms with E-state index in [1.54, 1.807) is 13.4 Å². The fraction of sp³-hybridized carbons (Fsp3) is 0.474. The summed E-state index contributed by atoms with van der Waals surface area (Å²) in [4.78, 5) is 9.13. The predicted octanol–water partition coefficient (Wildman–Crippen LogP) is 1.62. The molecule has 7 heteroatoms. The van der Waals surface area contributed by atoms with Crippen LogP contribution in [0.15, 0.2) is 46.1 Å². The van der Waals surface area contributed by atoms with E-state index >= 15 is 0 Å². The normalized spacial score (nSPS) is 15.9. The van der Waals surface area contributed by atoms with Crippen LogP contribution in [0.2, 0.25) is 0 Å². The molecule has 7 nitrogen and oxygen atoms in total. The number of guanidine groups is 1. The van der Waals surface area contributed by atoms with E-state index in [2.05, 4.69) is 31.3 Å². The van der Waals surface area contributed by atoms with Crippen LogP contribution < -0.4 is 10.1 Å². The van der Waals surface area contributed by atoms with Crippen LogP contribution in [0.1, 0.15) is 11.3 Å². The highest BCUT2D eigenvalue weighted by Gasteiger charge is 2.20. The van der Waals surface area contributed by atoms with Crippen molar-refractivity contribution in [3.8, 4) is 5.75 Å². The van der Waals surface area contributed by atoms with Crippen molar-refractivity contribution in [1.29, 1.82) is 0 Å². The van der Waals surface area contributed by atoms with Crippen LogP contribution in [0.4, 0.5) is 0 Å². The highest BCUT2D eigenvalue weighted by Crippen LogP contribution is 2.17. The number of piperazine rings is 1. The number of aromatic nitrogens is 1. The van der Waals surface area contributed by atoms with E-state index < -0.39 is 0 Å². The minimum atomic E-state index is 0.826. The molecule has 0 saturated carbocycles. The van der Waals surface area contributed by atoms with Gasteiger partial charge in [0.15, 0.2) is 5.96 Å². The van der Waals surface area contributed by atoms with Gasteiger partial charge in [-0.25, -0.2) is 0 Å². The maximum absolute atomic E-state index is 5.41. The van der Waals surface area contributed by atoms with Crippen LogP contribution in [0, 0.1) is 0 Å². The Labute approximate surface area is 154 Å². The molecule has 0 bridgehead atoms. The zero-order valence-corrected chi connectivity index (χ0v) is 15.5. The summed E-state index contributed by atoms with van der Waals surface area (Å²) in [5, 5.41) is 7.46. The van der Waals surface area contributed by atoms with E-state index in [9.17, 15) is 0 Å². The Balaban J connectivity index is 1.44. The molecule has 0 aliphatic carbocycles. The molecule has 0 unspecified atom stereocenters. The zero-order valence-electron chi connectivity index (χ0n) is 15.5. The minimum Gasteiger partial charge on any atom is -0.496 e. The lowest BCUT2D eigenvalue weighted by Gasteiger charge is -2.36. The second kappa shape index (κ2) is 9.24. The summed E-state index contributed by atoms with van der Waals surface area (Å²) >= 11 is 0. The summed E-state index contributed by atoms with van der Waals surface area (Å²) in [6, 6.07) is 10.1. The molecule has 0 atom stereocenters. The fourth-order valence-electron chi connectivity index (χ4n) is 3.22. The molecule has 1 saturated heterocycles. The molecule has 0 spiro atoms. The number of para-hydroxylation sites is 1. The van der Waals surface area contributed by atoms with Crippen molar-refractivity contribution in [3.05, 3.63) is 47.9 Å². The Morgan fingerprint density at radius 2 is 2.04 bits per heavy atom. The molecule has 1 aliphatic heterocycles. The van der Waals surface area contributed by atoms with E-state index in [1.165, 1.54) is 5.56 Å². The summed E-state index contributed by atoms with van der Waals surface area (Å²) in [6.07, 6.45) is 2.52. The SMILES string of the molecule is CN=C(NCCc1ccccc1OC)N1CCN(Cc2ccon2)CC1. The van der Waals surface area contributed by atoms with Gasteiger partial charge in [-0.2, -0.15) is 0 Å². The Morgan fingerprint density at radius 3 is 2.73 bits per heavy atom. The van der Waals surface area contributed by atoms with Gasteiger partial charge in [-0.3, -0.25) is 9.89 Å². The van der Waals surface area contributed by atoms with E-state index in [0.29, 0.717) is 0 Å². The van der Waals surface area contributed by atoms with Crippen LogP contribution in [-0.2, 0) is 13.0 Å². The van der Waals surface area contributed by atoms with Gasteiger partial charge in [-0.05, 0) is 18.1 Å². The second-order valence-corrected chi connectivity index (χ2v) is 6.29. The van der Waals surface area contributed by atoms with Gasteiger partial charge in [0.2, 0.25) is 0 Å². The first kappa shape index (κ1) is 18.3. The quantitative estimate of drug-likeness (QED) is 0.626. The molecule has 0 amide bonds. The van der Waals surface area contributed by atoms with Crippen molar-refractivity contribution < 1.29 is 9.26 Å². The number of hydrogen-bond donors (Lipinski definition) is 1. The summed E-state index contributed by atoms with van der Waals surface area (Å²) in [6.45, 7) is 5.54. The Hall–Kier alpha value is -2.54. The number of benzene rings is 1. The van der Waals surface area contributed by atoms with E-state index in [0.717, 1.165) is 63.1 Å². The largest absolute Gasteiger partial charge is 0.496 e.